The molecule has 0 saturated heterocycles. The molecule has 1 rings (SSSR count). The van der Waals surface area contributed by atoms with E-state index >= 15 is 0 Å². The van der Waals surface area contributed by atoms with Gasteiger partial charge in [0.2, 0.25) is 0 Å². The normalized spacial score (nSPS) is 12.9. The molecule has 7 heteroatoms. The van der Waals surface area contributed by atoms with Crippen molar-refractivity contribution in [1.29, 1.82) is 5.26 Å². The predicted molar refractivity (Wildman–Crippen MR) is 79.2 cm³/mol. The number of benzene rings is 1. The van der Waals surface area contributed by atoms with Crippen LogP contribution in [0.1, 0.15) is 25.8 Å². The number of hydrogen-bond donors (Lipinski definition) is 3. The van der Waals surface area contributed by atoms with Gasteiger partial charge in [-0.3, -0.25) is 0 Å². The molecule has 0 bridgehead atoms. The lowest BCUT2D eigenvalue weighted by atomic mass is 9.99. The van der Waals surface area contributed by atoms with Crippen LogP contribution in [0.25, 0.3) is 0 Å². The summed E-state index contributed by atoms with van der Waals surface area (Å²) < 4.78 is 0. The molecule has 0 radical (unpaired) electrons. The Morgan fingerprint density at radius 2 is 2.14 bits per heavy atom. The number of hydrogen-bond acceptors (Lipinski definition) is 3. The van der Waals surface area contributed by atoms with Crippen LogP contribution >= 0.6 is 11.6 Å². The fraction of sp³-hybridized carbons (Fsp3) is 0.357. The van der Waals surface area contributed by atoms with E-state index in [1.54, 1.807) is 6.92 Å². The fourth-order valence-electron chi connectivity index (χ4n) is 1.70. The Morgan fingerprint density at radius 3 is 2.67 bits per heavy atom. The summed E-state index contributed by atoms with van der Waals surface area (Å²) in [6.07, 6.45) is 0.609. The van der Waals surface area contributed by atoms with E-state index in [2.05, 4.69) is 10.6 Å². The van der Waals surface area contributed by atoms with Gasteiger partial charge in [0.05, 0.1) is 11.3 Å². The Labute approximate surface area is 127 Å². The highest BCUT2D eigenvalue weighted by molar-refractivity contribution is 6.31. The fourth-order valence-corrected chi connectivity index (χ4v) is 1.87. The van der Waals surface area contributed by atoms with Gasteiger partial charge in [-0.05, 0) is 24.1 Å². The summed E-state index contributed by atoms with van der Waals surface area (Å²) in [6.45, 7) is 3.57. The van der Waals surface area contributed by atoms with E-state index in [0.717, 1.165) is 0 Å². The third-order valence-electron chi connectivity index (χ3n) is 3.12. The number of carbonyl (C=O) groups is 2. The Kier molecular flexibility index (Phi) is 6.00. The van der Waals surface area contributed by atoms with Gasteiger partial charge >= 0.3 is 12.0 Å². The molecular weight excluding hydrogens is 294 g/mol. The smallest absolute Gasteiger partial charge is 0.326 e. The lowest BCUT2D eigenvalue weighted by molar-refractivity contribution is -0.140. The second-order valence-electron chi connectivity index (χ2n) is 4.60. The zero-order valence-corrected chi connectivity index (χ0v) is 12.4. The lowest BCUT2D eigenvalue weighted by Crippen LogP contribution is -2.46. The minimum atomic E-state index is -1.11. The van der Waals surface area contributed by atoms with Crippen LogP contribution in [0.3, 0.4) is 0 Å². The van der Waals surface area contributed by atoms with Crippen LogP contribution in [0, 0.1) is 17.2 Å². The molecule has 6 nitrogen and oxygen atoms in total. The largest absolute Gasteiger partial charge is 0.480 e. The van der Waals surface area contributed by atoms with Crippen LogP contribution in [-0.4, -0.2) is 23.1 Å². The summed E-state index contributed by atoms with van der Waals surface area (Å²) in [6, 6.07) is 4.66. The summed E-state index contributed by atoms with van der Waals surface area (Å²) >= 11 is 5.81. The standard InChI is InChI=1S/C14H16ClN3O3/c1-3-8(2)12(13(19)20)18-14(21)17-11-6-10(15)5-4-9(11)7-16/h4-6,8,12H,3H2,1-2H3,(H,19,20)(H2,17,18,21). The second kappa shape index (κ2) is 7.50. The molecule has 0 spiro atoms. The molecule has 0 aliphatic heterocycles. The highest BCUT2D eigenvalue weighted by atomic mass is 35.5. The van der Waals surface area contributed by atoms with E-state index in [1.807, 2.05) is 13.0 Å². The van der Waals surface area contributed by atoms with E-state index in [0.29, 0.717) is 11.4 Å². The van der Waals surface area contributed by atoms with Crippen molar-refractivity contribution in [3.05, 3.63) is 28.8 Å². The third-order valence-corrected chi connectivity index (χ3v) is 3.35. The van der Waals surface area contributed by atoms with Crippen LogP contribution in [0.15, 0.2) is 18.2 Å². The van der Waals surface area contributed by atoms with Crippen molar-refractivity contribution in [3.63, 3.8) is 0 Å². The first-order chi connectivity index (χ1) is 9.88. The van der Waals surface area contributed by atoms with Crippen molar-refractivity contribution in [2.24, 2.45) is 5.92 Å². The van der Waals surface area contributed by atoms with Gasteiger partial charge in [0, 0.05) is 5.02 Å². The number of carboxylic acids is 1. The van der Waals surface area contributed by atoms with Crippen molar-refractivity contribution in [1.82, 2.24) is 5.32 Å². The van der Waals surface area contributed by atoms with Gasteiger partial charge < -0.3 is 15.7 Å². The van der Waals surface area contributed by atoms with E-state index in [4.69, 9.17) is 22.0 Å². The maximum atomic E-state index is 11.9. The van der Waals surface area contributed by atoms with Crippen molar-refractivity contribution >= 4 is 29.3 Å². The van der Waals surface area contributed by atoms with Crippen LogP contribution in [0.2, 0.25) is 5.02 Å². The molecule has 2 atom stereocenters. The average Bonchev–Trinajstić information content (AvgIpc) is 2.44. The molecule has 0 aromatic heterocycles. The third kappa shape index (κ3) is 4.65. The second-order valence-corrected chi connectivity index (χ2v) is 5.04. The van der Waals surface area contributed by atoms with Gasteiger partial charge in [0.15, 0.2) is 0 Å². The summed E-state index contributed by atoms with van der Waals surface area (Å²) in [5.41, 5.74) is 0.473. The van der Waals surface area contributed by atoms with Gasteiger partial charge in [-0.2, -0.15) is 5.26 Å². The number of anilines is 1. The molecule has 0 aliphatic carbocycles. The molecule has 0 aliphatic rings. The topological polar surface area (TPSA) is 102 Å². The number of nitrogens with one attached hydrogen (secondary N) is 2. The van der Waals surface area contributed by atoms with Gasteiger partial charge in [0.1, 0.15) is 12.1 Å². The summed E-state index contributed by atoms with van der Waals surface area (Å²) in [5.74, 6) is -1.32. The maximum Gasteiger partial charge on any atom is 0.326 e. The number of urea groups is 1. The molecule has 1 aromatic rings. The van der Waals surface area contributed by atoms with Crippen LogP contribution in [-0.2, 0) is 4.79 Å². The van der Waals surface area contributed by atoms with Crippen LogP contribution < -0.4 is 10.6 Å². The summed E-state index contributed by atoms with van der Waals surface area (Å²) in [7, 11) is 0. The minimum Gasteiger partial charge on any atom is -0.480 e. The number of carboxylic acid groups (broad SMARTS) is 1. The quantitative estimate of drug-likeness (QED) is 0.778. The molecule has 0 fully saturated rings. The Morgan fingerprint density at radius 1 is 1.48 bits per heavy atom. The Hall–Kier alpha value is -2.26. The molecule has 0 heterocycles. The van der Waals surface area contributed by atoms with Crippen molar-refractivity contribution in [2.45, 2.75) is 26.3 Å². The summed E-state index contributed by atoms with van der Waals surface area (Å²) in [5, 5.41) is 23.3. The minimum absolute atomic E-state index is 0.219. The highest BCUT2D eigenvalue weighted by Gasteiger charge is 2.25. The van der Waals surface area contributed by atoms with E-state index < -0.39 is 18.0 Å². The summed E-state index contributed by atoms with van der Waals surface area (Å²) in [4.78, 5) is 23.0. The molecule has 21 heavy (non-hydrogen) atoms. The van der Waals surface area contributed by atoms with Gasteiger partial charge in [-0.25, -0.2) is 9.59 Å². The molecule has 2 amide bonds. The van der Waals surface area contributed by atoms with Gasteiger partial charge in [-0.15, -0.1) is 0 Å². The number of nitrogens with zero attached hydrogens (tertiary/aromatic N) is 1. The monoisotopic (exact) mass is 309 g/mol. The number of nitriles is 1. The molecule has 1 aromatic carbocycles. The number of amides is 2. The Bertz CT molecular complexity index is 583. The molecule has 2 unspecified atom stereocenters. The average molecular weight is 310 g/mol. The van der Waals surface area contributed by atoms with Crippen molar-refractivity contribution < 1.29 is 14.7 Å². The zero-order valence-electron chi connectivity index (χ0n) is 11.7. The molecule has 3 N–H and O–H groups in total. The van der Waals surface area contributed by atoms with Gasteiger partial charge in [0.25, 0.3) is 0 Å². The Balaban J connectivity index is 2.84. The first kappa shape index (κ1) is 16.8. The zero-order chi connectivity index (χ0) is 16.0. The molecule has 112 valence electrons. The van der Waals surface area contributed by atoms with E-state index in [1.165, 1.54) is 18.2 Å². The first-order valence-electron chi connectivity index (χ1n) is 6.39. The maximum absolute atomic E-state index is 11.9. The van der Waals surface area contributed by atoms with Gasteiger partial charge in [-0.1, -0.05) is 31.9 Å². The highest BCUT2D eigenvalue weighted by Crippen LogP contribution is 2.20. The first-order valence-corrected chi connectivity index (χ1v) is 6.76. The molecular formula is C14H16ClN3O3. The van der Waals surface area contributed by atoms with E-state index in [-0.39, 0.29) is 17.2 Å². The van der Waals surface area contributed by atoms with Crippen molar-refractivity contribution in [2.75, 3.05) is 5.32 Å². The van der Waals surface area contributed by atoms with Crippen LogP contribution in [0.4, 0.5) is 10.5 Å². The molecule has 0 saturated carbocycles. The van der Waals surface area contributed by atoms with E-state index in [9.17, 15) is 9.59 Å². The predicted octanol–water partition coefficient (Wildman–Crippen LogP) is 2.83. The number of rotatable bonds is 5. The number of halogens is 1. The van der Waals surface area contributed by atoms with Crippen LogP contribution in [0.5, 0.6) is 0 Å². The number of carbonyl (C=O) groups excluding carboxylic acids is 1. The SMILES string of the molecule is CCC(C)C(NC(=O)Nc1cc(Cl)ccc1C#N)C(=O)O. The number of aliphatic carboxylic acids is 1. The lowest BCUT2D eigenvalue weighted by Gasteiger charge is -2.20. The van der Waals surface area contributed by atoms with Crippen molar-refractivity contribution in [3.8, 4) is 6.07 Å².